The van der Waals surface area contributed by atoms with Crippen molar-refractivity contribution in [2.45, 2.75) is 51.5 Å². The number of rotatable bonds is 2. The average molecular weight is 237 g/mol. The van der Waals surface area contributed by atoms with Crippen LogP contribution in [0.3, 0.4) is 0 Å². The van der Waals surface area contributed by atoms with Crippen molar-refractivity contribution in [3.63, 3.8) is 0 Å². The second-order valence-electron chi connectivity index (χ2n) is 6.75. The molecule has 1 N–H and O–H groups in total. The second-order valence-corrected chi connectivity index (χ2v) is 6.75. The van der Waals surface area contributed by atoms with Crippen molar-refractivity contribution in [2.75, 3.05) is 13.1 Å². The molecule has 0 aromatic rings. The van der Waals surface area contributed by atoms with Crippen LogP contribution in [0, 0.1) is 17.3 Å². The van der Waals surface area contributed by atoms with E-state index in [9.17, 15) is 4.79 Å². The van der Waals surface area contributed by atoms with Crippen LogP contribution in [-0.4, -0.2) is 35.1 Å². The van der Waals surface area contributed by atoms with Gasteiger partial charge in [-0.05, 0) is 56.4 Å². The van der Waals surface area contributed by atoms with Gasteiger partial charge in [0.1, 0.15) is 0 Å². The Morgan fingerprint density at radius 3 is 2.59 bits per heavy atom. The number of hydrogen-bond donors (Lipinski definition) is 1. The van der Waals surface area contributed by atoms with Gasteiger partial charge in [-0.2, -0.15) is 0 Å². The fourth-order valence-corrected chi connectivity index (χ4v) is 4.49. The zero-order valence-corrected chi connectivity index (χ0v) is 10.7. The number of carbonyl (C=O) groups is 1. The summed E-state index contributed by atoms with van der Waals surface area (Å²) in [5, 5.41) is 9.10. The first-order valence-electron chi connectivity index (χ1n) is 7.05. The van der Waals surface area contributed by atoms with Gasteiger partial charge in [0.25, 0.3) is 0 Å². The molecule has 3 aliphatic rings. The Balaban J connectivity index is 1.51. The van der Waals surface area contributed by atoms with E-state index in [4.69, 9.17) is 5.11 Å². The Morgan fingerprint density at radius 1 is 1.29 bits per heavy atom. The molecule has 96 valence electrons. The van der Waals surface area contributed by atoms with Crippen molar-refractivity contribution in [3.05, 3.63) is 0 Å². The van der Waals surface area contributed by atoms with Crippen LogP contribution in [0.1, 0.15) is 45.4 Å². The van der Waals surface area contributed by atoms with Gasteiger partial charge in [0.05, 0.1) is 5.92 Å². The van der Waals surface area contributed by atoms with Gasteiger partial charge >= 0.3 is 5.97 Å². The molecule has 0 bridgehead atoms. The average Bonchev–Trinajstić information content (AvgIpc) is 2.21. The van der Waals surface area contributed by atoms with Gasteiger partial charge in [-0.1, -0.05) is 6.92 Å². The van der Waals surface area contributed by atoms with Gasteiger partial charge in [-0.15, -0.1) is 0 Å². The molecule has 2 saturated carbocycles. The SMILES string of the molecule is CC1CC2(C1)CC(N1CCCC(C(=O)O)C1)C2. The quantitative estimate of drug-likeness (QED) is 0.801. The summed E-state index contributed by atoms with van der Waals surface area (Å²) in [4.78, 5) is 13.5. The minimum absolute atomic E-state index is 0.111. The molecule has 1 unspecified atom stereocenters. The lowest BCUT2D eigenvalue weighted by molar-refractivity contribution is -0.146. The van der Waals surface area contributed by atoms with E-state index in [1.54, 1.807) is 0 Å². The lowest BCUT2D eigenvalue weighted by Crippen LogP contribution is -2.58. The van der Waals surface area contributed by atoms with E-state index in [0.717, 1.165) is 31.8 Å². The minimum Gasteiger partial charge on any atom is -0.481 e. The number of nitrogens with zero attached hydrogens (tertiary/aromatic N) is 1. The Kier molecular flexibility index (Phi) is 2.69. The molecule has 3 fully saturated rings. The zero-order chi connectivity index (χ0) is 12.0. The standard InChI is InChI=1S/C14H23NO2/c1-10-5-14(6-10)7-12(8-14)15-4-2-3-11(9-15)13(16)17/h10-12H,2-9H2,1H3,(H,16,17). The number of piperidine rings is 1. The molecule has 0 aromatic carbocycles. The highest BCUT2D eigenvalue weighted by Gasteiger charge is 2.53. The molecule has 1 saturated heterocycles. The maximum atomic E-state index is 11.0. The van der Waals surface area contributed by atoms with E-state index in [1.807, 2.05) is 0 Å². The van der Waals surface area contributed by atoms with Crippen LogP contribution in [0.2, 0.25) is 0 Å². The smallest absolute Gasteiger partial charge is 0.307 e. The van der Waals surface area contributed by atoms with Crippen LogP contribution < -0.4 is 0 Å². The predicted octanol–water partition coefficient (Wildman–Crippen LogP) is 2.36. The van der Waals surface area contributed by atoms with Crippen molar-refractivity contribution in [3.8, 4) is 0 Å². The third-order valence-electron chi connectivity index (χ3n) is 5.22. The van der Waals surface area contributed by atoms with E-state index in [2.05, 4.69) is 11.8 Å². The summed E-state index contributed by atoms with van der Waals surface area (Å²) in [7, 11) is 0. The van der Waals surface area contributed by atoms with Crippen molar-refractivity contribution >= 4 is 5.97 Å². The molecule has 1 aliphatic heterocycles. The number of carboxylic acids is 1. The first-order chi connectivity index (χ1) is 8.08. The molecule has 3 nitrogen and oxygen atoms in total. The third-order valence-corrected chi connectivity index (χ3v) is 5.22. The monoisotopic (exact) mass is 237 g/mol. The van der Waals surface area contributed by atoms with Crippen molar-refractivity contribution in [1.82, 2.24) is 4.90 Å². The highest BCUT2D eigenvalue weighted by molar-refractivity contribution is 5.70. The Morgan fingerprint density at radius 2 is 2.00 bits per heavy atom. The third kappa shape index (κ3) is 1.99. The van der Waals surface area contributed by atoms with Crippen molar-refractivity contribution in [1.29, 1.82) is 0 Å². The largest absolute Gasteiger partial charge is 0.481 e. The number of likely N-dealkylation sites (tertiary alicyclic amines) is 1. The van der Waals surface area contributed by atoms with Gasteiger partial charge < -0.3 is 5.11 Å². The van der Waals surface area contributed by atoms with E-state index in [1.165, 1.54) is 25.7 Å². The number of carboxylic acid groups (broad SMARTS) is 1. The van der Waals surface area contributed by atoms with Gasteiger partial charge in [0.15, 0.2) is 0 Å². The number of hydrogen-bond acceptors (Lipinski definition) is 2. The molecular formula is C14H23NO2. The van der Waals surface area contributed by atoms with E-state index in [-0.39, 0.29) is 5.92 Å². The van der Waals surface area contributed by atoms with Crippen molar-refractivity contribution in [2.24, 2.45) is 17.3 Å². The lowest BCUT2D eigenvalue weighted by atomic mass is 9.50. The molecule has 1 atom stereocenters. The highest BCUT2D eigenvalue weighted by atomic mass is 16.4. The summed E-state index contributed by atoms with van der Waals surface area (Å²) in [6.07, 6.45) is 7.45. The first kappa shape index (κ1) is 11.5. The molecule has 3 rings (SSSR count). The molecule has 1 spiro atoms. The summed E-state index contributed by atoms with van der Waals surface area (Å²) < 4.78 is 0. The lowest BCUT2D eigenvalue weighted by Gasteiger charge is -2.60. The van der Waals surface area contributed by atoms with Gasteiger partial charge in [0, 0.05) is 12.6 Å². The summed E-state index contributed by atoms with van der Waals surface area (Å²) in [5.41, 5.74) is 0.681. The fourth-order valence-electron chi connectivity index (χ4n) is 4.49. The topological polar surface area (TPSA) is 40.5 Å². The molecule has 0 aromatic heterocycles. The van der Waals surface area contributed by atoms with Gasteiger partial charge in [-0.25, -0.2) is 0 Å². The molecular weight excluding hydrogens is 214 g/mol. The maximum absolute atomic E-state index is 11.0. The van der Waals surface area contributed by atoms with Crippen molar-refractivity contribution < 1.29 is 9.90 Å². The molecule has 2 aliphatic carbocycles. The summed E-state index contributed by atoms with van der Waals surface area (Å²) in [5.74, 6) is 0.227. The van der Waals surface area contributed by atoms with E-state index >= 15 is 0 Å². The summed E-state index contributed by atoms with van der Waals surface area (Å²) >= 11 is 0. The molecule has 1 heterocycles. The van der Waals surface area contributed by atoms with E-state index < -0.39 is 5.97 Å². The zero-order valence-electron chi connectivity index (χ0n) is 10.7. The molecule has 17 heavy (non-hydrogen) atoms. The molecule has 0 amide bonds. The normalized spacial score (nSPS) is 46.3. The summed E-state index contributed by atoms with van der Waals surface area (Å²) in [6, 6.07) is 0.699. The van der Waals surface area contributed by atoms with Crippen LogP contribution >= 0.6 is 0 Å². The maximum Gasteiger partial charge on any atom is 0.307 e. The Hall–Kier alpha value is -0.570. The van der Waals surface area contributed by atoms with Crippen LogP contribution in [0.15, 0.2) is 0 Å². The Labute approximate surface area is 103 Å². The first-order valence-corrected chi connectivity index (χ1v) is 7.05. The molecule has 3 heteroatoms. The van der Waals surface area contributed by atoms with Gasteiger partial charge in [0.2, 0.25) is 0 Å². The van der Waals surface area contributed by atoms with Gasteiger partial charge in [-0.3, -0.25) is 9.69 Å². The van der Waals surface area contributed by atoms with Crippen LogP contribution in [0.25, 0.3) is 0 Å². The van der Waals surface area contributed by atoms with Crippen LogP contribution in [0.5, 0.6) is 0 Å². The van der Waals surface area contributed by atoms with E-state index in [0.29, 0.717) is 11.5 Å². The second kappa shape index (κ2) is 3.98. The van der Waals surface area contributed by atoms with Crippen LogP contribution in [-0.2, 0) is 4.79 Å². The predicted molar refractivity (Wildman–Crippen MR) is 65.8 cm³/mol. The summed E-state index contributed by atoms with van der Waals surface area (Å²) in [6.45, 7) is 4.27. The number of aliphatic carboxylic acids is 1. The minimum atomic E-state index is -0.596. The van der Waals surface area contributed by atoms with Crippen LogP contribution in [0.4, 0.5) is 0 Å². The highest BCUT2D eigenvalue weighted by Crippen LogP contribution is 2.59. The fraction of sp³-hybridized carbons (Fsp3) is 0.929. The Bertz CT molecular complexity index is 314. The molecule has 0 radical (unpaired) electrons.